The molecule has 0 aliphatic carbocycles. The van der Waals surface area contributed by atoms with E-state index in [9.17, 15) is 4.79 Å². The van der Waals surface area contributed by atoms with Crippen LogP contribution in [0, 0.1) is 12.8 Å². The Bertz CT molecular complexity index is 1370. The van der Waals surface area contributed by atoms with E-state index in [1.54, 1.807) is 0 Å². The molecule has 36 heavy (non-hydrogen) atoms. The lowest BCUT2D eigenvalue weighted by Gasteiger charge is -2.37. The number of carbonyl (C=O) groups is 1. The molecule has 2 aliphatic rings. The highest BCUT2D eigenvalue weighted by atomic mass is 16.5. The Morgan fingerprint density at radius 1 is 1.06 bits per heavy atom. The summed E-state index contributed by atoms with van der Waals surface area (Å²) in [5.74, 6) is 0.794. The molecule has 0 bridgehead atoms. The largest absolute Gasteiger partial charge is 0.370 e. The van der Waals surface area contributed by atoms with Crippen LogP contribution in [0.25, 0.3) is 22.3 Å². The van der Waals surface area contributed by atoms with Gasteiger partial charge in [0.2, 0.25) is 11.7 Å². The molecule has 0 saturated carbocycles. The van der Waals surface area contributed by atoms with Crippen molar-refractivity contribution in [3.63, 3.8) is 0 Å². The van der Waals surface area contributed by atoms with E-state index in [0.29, 0.717) is 44.6 Å². The minimum absolute atomic E-state index is 0.00801. The van der Waals surface area contributed by atoms with Gasteiger partial charge in [0, 0.05) is 43.5 Å². The van der Waals surface area contributed by atoms with Crippen LogP contribution < -0.4 is 4.90 Å². The van der Waals surface area contributed by atoms with Crippen LogP contribution in [0.1, 0.15) is 30.2 Å². The van der Waals surface area contributed by atoms with Crippen LogP contribution in [0.15, 0.2) is 53.1 Å². The summed E-state index contributed by atoms with van der Waals surface area (Å²) in [7, 11) is 1.94. The third-order valence-corrected chi connectivity index (χ3v) is 7.37. The lowest BCUT2D eigenvalue weighted by Crippen LogP contribution is -2.47. The number of benzene rings is 2. The zero-order valence-electron chi connectivity index (χ0n) is 20.6. The van der Waals surface area contributed by atoms with E-state index < -0.39 is 0 Å². The molecule has 2 saturated heterocycles. The van der Waals surface area contributed by atoms with Crippen LogP contribution in [0.2, 0.25) is 0 Å². The van der Waals surface area contributed by atoms with Crippen LogP contribution in [-0.2, 0) is 16.6 Å². The van der Waals surface area contributed by atoms with Crippen molar-refractivity contribution < 1.29 is 14.1 Å². The number of hydrogen-bond donors (Lipinski definition) is 0. The summed E-state index contributed by atoms with van der Waals surface area (Å²) in [5.41, 5.74) is 4.05. The number of piperidine rings is 1. The van der Waals surface area contributed by atoms with Crippen LogP contribution in [-0.4, -0.2) is 63.5 Å². The summed E-state index contributed by atoms with van der Waals surface area (Å²) in [6.45, 7) is 5.25. The van der Waals surface area contributed by atoms with Crippen LogP contribution in [0.5, 0.6) is 0 Å². The maximum absolute atomic E-state index is 13.3. The van der Waals surface area contributed by atoms with Gasteiger partial charge in [-0.25, -0.2) is 0 Å². The smallest absolute Gasteiger partial charge is 0.324 e. The number of morpholine rings is 1. The Kier molecular flexibility index (Phi) is 5.92. The molecule has 6 rings (SSSR count). The first kappa shape index (κ1) is 22.7. The number of anilines is 1. The molecule has 4 heterocycles. The molecule has 2 aromatic carbocycles. The highest BCUT2D eigenvalue weighted by Crippen LogP contribution is 2.29. The van der Waals surface area contributed by atoms with Gasteiger partial charge in [0.15, 0.2) is 0 Å². The van der Waals surface area contributed by atoms with Crippen LogP contribution in [0.3, 0.4) is 0 Å². The van der Waals surface area contributed by atoms with Gasteiger partial charge in [0.25, 0.3) is 0 Å². The number of nitrogens with zero attached hydrogens (tertiary/aromatic N) is 6. The molecule has 2 fully saturated rings. The number of amides is 1. The molecular formula is C27H30N6O3. The van der Waals surface area contributed by atoms with Gasteiger partial charge >= 0.3 is 6.01 Å². The van der Waals surface area contributed by atoms with Gasteiger partial charge in [-0.05, 0) is 31.4 Å². The van der Waals surface area contributed by atoms with Crippen molar-refractivity contribution in [2.24, 2.45) is 13.0 Å². The van der Waals surface area contributed by atoms with Crippen molar-refractivity contribution >= 4 is 22.8 Å². The van der Waals surface area contributed by atoms with Crippen molar-refractivity contribution in [3.05, 3.63) is 59.8 Å². The molecule has 0 N–H and O–H groups in total. The van der Waals surface area contributed by atoms with Gasteiger partial charge in [0.05, 0.1) is 24.4 Å². The van der Waals surface area contributed by atoms with E-state index in [2.05, 4.69) is 32.3 Å². The fourth-order valence-electron chi connectivity index (χ4n) is 5.33. The van der Waals surface area contributed by atoms with Gasteiger partial charge < -0.3 is 19.1 Å². The van der Waals surface area contributed by atoms with Crippen LogP contribution in [0.4, 0.5) is 6.01 Å². The minimum Gasteiger partial charge on any atom is -0.370 e. The second-order valence-corrected chi connectivity index (χ2v) is 9.66. The van der Waals surface area contributed by atoms with Crippen molar-refractivity contribution in [1.82, 2.24) is 24.8 Å². The second kappa shape index (κ2) is 9.39. The Labute approximate surface area is 209 Å². The van der Waals surface area contributed by atoms with Crippen molar-refractivity contribution in [3.8, 4) is 11.4 Å². The molecule has 9 nitrogen and oxygen atoms in total. The monoisotopic (exact) mass is 486 g/mol. The summed E-state index contributed by atoms with van der Waals surface area (Å²) in [4.78, 5) is 22.0. The summed E-state index contributed by atoms with van der Waals surface area (Å²) in [6.07, 6.45) is 1.48. The van der Waals surface area contributed by atoms with E-state index in [1.165, 1.54) is 0 Å². The topological polar surface area (TPSA) is 89.5 Å². The molecule has 4 aromatic rings. The Morgan fingerprint density at radius 2 is 1.86 bits per heavy atom. The van der Waals surface area contributed by atoms with E-state index >= 15 is 0 Å². The molecule has 1 amide bonds. The highest BCUT2D eigenvalue weighted by molar-refractivity contribution is 5.85. The first-order valence-electron chi connectivity index (χ1n) is 12.5. The SMILES string of the molecule is Cc1nn(C)c2cc(-c3noc(N4CCC(C(=O)N5CCO[C@@H](c6ccccc6)C5)CC4)n3)ccc12. The maximum atomic E-state index is 13.3. The molecule has 0 unspecified atom stereocenters. The number of hydrogen-bond acceptors (Lipinski definition) is 7. The van der Waals surface area contributed by atoms with E-state index in [0.717, 1.165) is 40.6 Å². The number of ether oxygens (including phenoxy) is 1. The average molecular weight is 487 g/mol. The van der Waals surface area contributed by atoms with Gasteiger partial charge in [0.1, 0.15) is 6.10 Å². The van der Waals surface area contributed by atoms with Crippen LogP contribution >= 0.6 is 0 Å². The molecule has 0 spiro atoms. The molecule has 9 heteroatoms. The third-order valence-electron chi connectivity index (χ3n) is 7.37. The summed E-state index contributed by atoms with van der Waals surface area (Å²) >= 11 is 0. The summed E-state index contributed by atoms with van der Waals surface area (Å²) in [5, 5.41) is 9.83. The zero-order chi connectivity index (χ0) is 24.6. The fraction of sp³-hybridized carbons (Fsp3) is 0.407. The normalized spacial score (nSPS) is 19.2. The number of fused-ring (bicyclic) bond motifs is 1. The third kappa shape index (κ3) is 4.24. The second-order valence-electron chi connectivity index (χ2n) is 9.66. The Hall–Kier alpha value is -3.72. The van der Waals surface area contributed by atoms with Crippen molar-refractivity contribution in [2.45, 2.75) is 25.9 Å². The van der Waals surface area contributed by atoms with E-state index in [1.807, 2.05) is 60.0 Å². The lowest BCUT2D eigenvalue weighted by atomic mass is 9.95. The number of rotatable bonds is 4. The predicted octanol–water partition coefficient (Wildman–Crippen LogP) is 3.75. The lowest BCUT2D eigenvalue weighted by molar-refractivity contribution is -0.144. The first-order chi connectivity index (χ1) is 17.6. The first-order valence-corrected chi connectivity index (χ1v) is 12.5. The Balaban J connectivity index is 1.09. The molecule has 186 valence electrons. The van der Waals surface area contributed by atoms with Crippen molar-refractivity contribution in [1.29, 1.82) is 0 Å². The summed E-state index contributed by atoms with van der Waals surface area (Å²) in [6, 6.07) is 16.7. The molecule has 2 aromatic heterocycles. The number of carbonyl (C=O) groups excluding carboxylic acids is 1. The minimum atomic E-state index is -0.0599. The molecule has 2 aliphatic heterocycles. The number of aryl methyl sites for hydroxylation is 2. The van der Waals surface area contributed by atoms with E-state index in [-0.39, 0.29) is 17.9 Å². The highest BCUT2D eigenvalue weighted by Gasteiger charge is 2.33. The molecule has 0 radical (unpaired) electrons. The van der Waals surface area contributed by atoms with Gasteiger partial charge in [-0.2, -0.15) is 10.1 Å². The standard InChI is InChI=1S/C27H30N6O3/c1-18-22-9-8-21(16-23(22)31(2)29-18)25-28-27(36-30-25)32-12-10-20(11-13-32)26(34)33-14-15-35-24(17-33)19-6-4-3-5-7-19/h3-9,16,20,24H,10-15,17H2,1-2H3/t24-/m1/s1. The average Bonchev–Trinajstić information content (AvgIpc) is 3.53. The number of aromatic nitrogens is 4. The quantitative estimate of drug-likeness (QED) is 0.434. The zero-order valence-corrected chi connectivity index (χ0v) is 20.6. The molecule has 1 atom stereocenters. The van der Waals surface area contributed by atoms with E-state index in [4.69, 9.17) is 9.26 Å². The summed E-state index contributed by atoms with van der Waals surface area (Å²) < 4.78 is 13.4. The fourth-order valence-corrected chi connectivity index (χ4v) is 5.33. The molecular weight excluding hydrogens is 456 g/mol. The van der Waals surface area contributed by atoms with Gasteiger partial charge in [-0.1, -0.05) is 47.6 Å². The maximum Gasteiger partial charge on any atom is 0.324 e. The van der Waals surface area contributed by atoms with Gasteiger partial charge in [-0.3, -0.25) is 9.48 Å². The van der Waals surface area contributed by atoms with Gasteiger partial charge in [-0.15, -0.1) is 0 Å². The Morgan fingerprint density at radius 3 is 2.67 bits per heavy atom. The predicted molar refractivity (Wildman–Crippen MR) is 135 cm³/mol. The van der Waals surface area contributed by atoms with Crippen molar-refractivity contribution in [2.75, 3.05) is 37.7 Å².